The first-order chi connectivity index (χ1) is 8.51. The molecule has 1 N–H and O–H groups in total. The van der Waals surface area contributed by atoms with Crippen LogP contribution in [0.25, 0.3) is 10.2 Å². The fourth-order valence-corrected chi connectivity index (χ4v) is 2.69. The zero-order valence-corrected chi connectivity index (χ0v) is 12.5. The van der Waals surface area contributed by atoms with E-state index in [4.69, 9.17) is 11.6 Å². The molecule has 1 aromatic heterocycles. The average Bonchev–Trinajstić information content (AvgIpc) is 2.70. The van der Waals surface area contributed by atoms with Crippen LogP contribution in [0.1, 0.15) is 13.3 Å². The van der Waals surface area contributed by atoms with E-state index in [0.29, 0.717) is 21.3 Å². The number of carbonyl (C=O) groups excluding carboxylic acids is 1. The number of halogens is 3. The van der Waals surface area contributed by atoms with Gasteiger partial charge in [0.25, 0.3) is 0 Å². The number of rotatable bonds is 3. The molecule has 1 heterocycles. The molecule has 0 spiro atoms. The van der Waals surface area contributed by atoms with Crippen molar-refractivity contribution in [3.05, 3.63) is 23.0 Å². The number of benzene rings is 1. The van der Waals surface area contributed by atoms with Crippen LogP contribution in [0, 0.1) is 5.82 Å². The summed E-state index contributed by atoms with van der Waals surface area (Å²) < 4.78 is 14.2. The first-order valence-electron chi connectivity index (χ1n) is 5.21. The molecule has 0 aliphatic rings. The normalized spacial score (nSPS) is 12.7. The van der Waals surface area contributed by atoms with Crippen molar-refractivity contribution >= 4 is 60.1 Å². The third kappa shape index (κ3) is 2.81. The second kappa shape index (κ2) is 5.50. The predicted octanol–water partition coefficient (Wildman–Crippen LogP) is 4.20. The second-order valence-corrected chi connectivity index (χ2v) is 6.19. The molecule has 0 aliphatic heterocycles. The van der Waals surface area contributed by atoms with Crippen molar-refractivity contribution in [2.75, 3.05) is 5.32 Å². The molecular weight excluding hydrogens is 343 g/mol. The quantitative estimate of drug-likeness (QED) is 0.842. The Morgan fingerprint density at radius 1 is 1.67 bits per heavy atom. The van der Waals surface area contributed by atoms with E-state index in [-0.39, 0.29) is 16.3 Å². The smallest absolute Gasteiger partial charge is 0.239 e. The lowest BCUT2D eigenvalue weighted by Crippen LogP contribution is -2.21. The van der Waals surface area contributed by atoms with Gasteiger partial charge in [-0.25, -0.2) is 9.37 Å². The molecule has 7 heteroatoms. The number of carbonyl (C=O) groups is 1. The van der Waals surface area contributed by atoms with Gasteiger partial charge >= 0.3 is 0 Å². The molecule has 2 rings (SSSR count). The molecule has 2 aromatic rings. The number of amides is 1. The monoisotopic (exact) mass is 350 g/mol. The van der Waals surface area contributed by atoms with Crippen LogP contribution in [-0.2, 0) is 4.79 Å². The van der Waals surface area contributed by atoms with E-state index in [9.17, 15) is 9.18 Å². The molecule has 0 bridgehead atoms. The van der Waals surface area contributed by atoms with Gasteiger partial charge < -0.3 is 5.32 Å². The summed E-state index contributed by atoms with van der Waals surface area (Å²) in [6.07, 6.45) is 0.664. The van der Waals surface area contributed by atoms with Crippen molar-refractivity contribution in [3.63, 3.8) is 0 Å². The van der Waals surface area contributed by atoms with Crippen LogP contribution in [0.5, 0.6) is 0 Å². The van der Waals surface area contributed by atoms with Crippen LogP contribution in [0.2, 0.25) is 5.02 Å². The summed E-state index contributed by atoms with van der Waals surface area (Å²) in [5.74, 6) is -0.678. The van der Waals surface area contributed by atoms with Gasteiger partial charge in [-0.3, -0.25) is 4.79 Å². The fourth-order valence-electron chi connectivity index (χ4n) is 1.38. The highest BCUT2D eigenvalue weighted by molar-refractivity contribution is 9.10. The molecule has 1 atom stereocenters. The number of alkyl halides is 1. The maximum absolute atomic E-state index is 13.6. The zero-order valence-electron chi connectivity index (χ0n) is 9.34. The number of aromatic nitrogens is 1. The van der Waals surface area contributed by atoms with Crippen LogP contribution in [-0.4, -0.2) is 15.7 Å². The second-order valence-electron chi connectivity index (χ2n) is 3.62. The molecule has 0 saturated carbocycles. The first-order valence-corrected chi connectivity index (χ1v) is 7.32. The van der Waals surface area contributed by atoms with Gasteiger partial charge in [0.2, 0.25) is 5.91 Å². The van der Waals surface area contributed by atoms with Gasteiger partial charge in [-0.15, -0.1) is 0 Å². The predicted molar refractivity (Wildman–Crippen MR) is 76.2 cm³/mol. The Hall–Kier alpha value is -0.720. The topological polar surface area (TPSA) is 42.0 Å². The number of nitrogens with zero attached hydrogens (tertiary/aromatic N) is 1. The molecule has 1 aromatic carbocycles. The van der Waals surface area contributed by atoms with Gasteiger partial charge in [-0.2, -0.15) is 0 Å². The minimum Gasteiger partial charge on any atom is -0.301 e. The lowest BCUT2D eigenvalue weighted by molar-refractivity contribution is -0.115. The van der Waals surface area contributed by atoms with Gasteiger partial charge in [0.1, 0.15) is 5.52 Å². The molecule has 1 amide bonds. The van der Waals surface area contributed by atoms with Crippen molar-refractivity contribution in [2.24, 2.45) is 0 Å². The lowest BCUT2D eigenvalue weighted by atomic mass is 10.3. The van der Waals surface area contributed by atoms with Crippen molar-refractivity contribution in [1.29, 1.82) is 0 Å². The molecule has 0 radical (unpaired) electrons. The SMILES string of the molecule is CC[C@H](Br)C(=O)Nc1nc2c(F)cc(Cl)cc2s1. The average molecular weight is 352 g/mol. The Morgan fingerprint density at radius 3 is 3.06 bits per heavy atom. The molecule has 0 fully saturated rings. The maximum atomic E-state index is 13.6. The van der Waals surface area contributed by atoms with E-state index in [1.54, 1.807) is 6.07 Å². The fraction of sp³-hybridized carbons (Fsp3) is 0.273. The molecule has 96 valence electrons. The molecular formula is C11H9BrClFN2OS. The minimum atomic E-state index is -0.486. The first kappa shape index (κ1) is 13.7. The van der Waals surface area contributed by atoms with E-state index in [1.807, 2.05) is 6.92 Å². The van der Waals surface area contributed by atoms with Crippen molar-refractivity contribution < 1.29 is 9.18 Å². The minimum absolute atomic E-state index is 0.192. The van der Waals surface area contributed by atoms with E-state index < -0.39 is 5.82 Å². The largest absolute Gasteiger partial charge is 0.301 e. The molecule has 3 nitrogen and oxygen atoms in total. The Labute approximate surface area is 120 Å². The Morgan fingerprint density at radius 2 is 2.39 bits per heavy atom. The van der Waals surface area contributed by atoms with E-state index >= 15 is 0 Å². The van der Waals surface area contributed by atoms with Gasteiger partial charge in [0.15, 0.2) is 10.9 Å². The van der Waals surface area contributed by atoms with Crippen LogP contribution in [0.4, 0.5) is 9.52 Å². The third-order valence-corrected chi connectivity index (χ3v) is 4.49. The van der Waals surface area contributed by atoms with Crippen LogP contribution in [0.3, 0.4) is 0 Å². The summed E-state index contributed by atoms with van der Waals surface area (Å²) in [4.78, 5) is 15.4. The Balaban J connectivity index is 2.31. The van der Waals surface area contributed by atoms with Gasteiger partial charge in [-0.1, -0.05) is 45.8 Å². The Bertz CT molecular complexity index is 604. The standard InChI is InChI=1S/C11H9BrClFN2OS/c1-2-6(12)10(17)16-11-15-9-7(14)3-5(13)4-8(9)18-11/h3-4,6H,2H2,1H3,(H,15,16,17)/t6-/m0/s1. The maximum Gasteiger partial charge on any atom is 0.239 e. The van der Waals surface area contributed by atoms with E-state index in [0.717, 1.165) is 0 Å². The summed E-state index contributed by atoms with van der Waals surface area (Å²) in [5.41, 5.74) is 0.224. The summed E-state index contributed by atoms with van der Waals surface area (Å²) in [6, 6.07) is 2.83. The number of thiazole rings is 1. The number of hydrogen-bond donors (Lipinski definition) is 1. The highest BCUT2D eigenvalue weighted by Crippen LogP contribution is 2.30. The highest BCUT2D eigenvalue weighted by atomic mass is 79.9. The van der Waals surface area contributed by atoms with Gasteiger partial charge in [0, 0.05) is 5.02 Å². The molecule has 0 unspecified atom stereocenters. The molecule has 0 saturated heterocycles. The van der Waals surface area contributed by atoms with E-state index in [1.165, 1.54) is 17.4 Å². The van der Waals surface area contributed by atoms with Gasteiger partial charge in [-0.05, 0) is 18.6 Å². The van der Waals surface area contributed by atoms with Crippen LogP contribution in [0.15, 0.2) is 12.1 Å². The Kier molecular flexibility index (Phi) is 4.19. The number of hydrogen-bond acceptors (Lipinski definition) is 3. The number of anilines is 1. The summed E-state index contributed by atoms with van der Waals surface area (Å²) in [6.45, 7) is 1.89. The van der Waals surface area contributed by atoms with Crippen LogP contribution < -0.4 is 5.32 Å². The molecule has 0 aliphatic carbocycles. The van der Waals surface area contributed by atoms with Crippen molar-refractivity contribution in [3.8, 4) is 0 Å². The van der Waals surface area contributed by atoms with Gasteiger partial charge in [0.05, 0.1) is 9.53 Å². The summed E-state index contributed by atoms with van der Waals surface area (Å²) >= 11 is 10.2. The summed E-state index contributed by atoms with van der Waals surface area (Å²) in [5, 5.41) is 3.32. The zero-order chi connectivity index (χ0) is 13.3. The van der Waals surface area contributed by atoms with Crippen LogP contribution >= 0.6 is 38.9 Å². The van der Waals surface area contributed by atoms with Crippen molar-refractivity contribution in [2.45, 2.75) is 18.2 Å². The molecule has 18 heavy (non-hydrogen) atoms. The lowest BCUT2D eigenvalue weighted by Gasteiger charge is -2.04. The highest BCUT2D eigenvalue weighted by Gasteiger charge is 2.16. The number of nitrogens with one attached hydrogen (secondary N) is 1. The number of fused-ring (bicyclic) bond motifs is 1. The van der Waals surface area contributed by atoms with E-state index in [2.05, 4.69) is 26.2 Å². The van der Waals surface area contributed by atoms with Crippen molar-refractivity contribution in [1.82, 2.24) is 4.98 Å². The third-order valence-electron chi connectivity index (χ3n) is 2.29. The summed E-state index contributed by atoms with van der Waals surface area (Å²) in [7, 11) is 0.